The van der Waals surface area contributed by atoms with Crippen LogP contribution < -0.4 is 16.0 Å². The smallest absolute Gasteiger partial charge is 0.234 e. The highest BCUT2D eigenvalue weighted by atomic mass is 127. The molecule has 1 aliphatic rings. The van der Waals surface area contributed by atoms with Gasteiger partial charge in [0.05, 0.1) is 18.5 Å². The number of nitrogens with zero attached hydrogens (tertiary/aromatic N) is 3. The van der Waals surface area contributed by atoms with Crippen LogP contribution in [0.1, 0.15) is 34.6 Å². The van der Waals surface area contributed by atoms with E-state index in [0.717, 1.165) is 38.7 Å². The second-order valence-electron chi connectivity index (χ2n) is 7.62. The van der Waals surface area contributed by atoms with Crippen molar-refractivity contribution in [2.75, 3.05) is 52.9 Å². The van der Waals surface area contributed by atoms with Gasteiger partial charge < -0.3 is 20.9 Å². The molecule has 1 aliphatic heterocycles. The van der Waals surface area contributed by atoms with Crippen LogP contribution in [0.15, 0.2) is 4.99 Å². The number of rotatable bonds is 7. The summed E-state index contributed by atoms with van der Waals surface area (Å²) in [5, 5.41) is 8.93. The van der Waals surface area contributed by atoms with Gasteiger partial charge in [-0.15, -0.1) is 24.0 Å². The molecular formula is C18H37IN6O2. The van der Waals surface area contributed by atoms with Gasteiger partial charge >= 0.3 is 0 Å². The first-order valence-corrected chi connectivity index (χ1v) is 9.46. The fourth-order valence-electron chi connectivity index (χ4n) is 2.80. The van der Waals surface area contributed by atoms with Gasteiger partial charge in [-0.1, -0.05) is 0 Å². The van der Waals surface area contributed by atoms with Crippen LogP contribution in [-0.4, -0.2) is 86.5 Å². The molecule has 9 heteroatoms. The number of carbonyl (C=O) groups excluding carboxylic acids is 2. The van der Waals surface area contributed by atoms with Crippen LogP contribution >= 0.6 is 24.0 Å². The molecule has 1 heterocycles. The number of nitrogens with one attached hydrogen (secondary N) is 3. The molecule has 0 aromatic heterocycles. The van der Waals surface area contributed by atoms with E-state index in [1.807, 2.05) is 34.6 Å². The Morgan fingerprint density at radius 2 is 1.74 bits per heavy atom. The summed E-state index contributed by atoms with van der Waals surface area (Å²) in [4.78, 5) is 32.9. The van der Waals surface area contributed by atoms with E-state index in [1.54, 1.807) is 7.05 Å². The zero-order valence-corrected chi connectivity index (χ0v) is 19.9. The van der Waals surface area contributed by atoms with E-state index >= 15 is 0 Å². The van der Waals surface area contributed by atoms with E-state index in [1.165, 1.54) is 0 Å². The highest BCUT2D eigenvalue weighted by Crippen LogP contribution is 2.15. The molecule has 1 saturated heterocycles. The predicted molar refractivity (Wildman–Crippen MR) is 121 cm³/mol. The Bertz CT molecular complexity index is 502. The molecule has 3 N–H and O–H groups in total. The molecule has 0 spiro atoms. The third kappa shape index (κ3) is 9.09. The van der Waals surface area contributed by atoms with E-state index in [0.29, 0.717) is 13.1 Å². The minimum atomic E-state index is -0.549. The molecule has 8 nitrogen and oxygen atoms in total. The zero-order valence-electron chi connectivity index (χ0n) is 17.6. The minimum absolute atomic E-state index is 0. The number of hydrogen-bond donors (Lipinski definition) is 3. The molecule has 0 aliphatic carbocycles. The van der Waals surface area contributed by atoms with Gasteiger partial charge in [0.2, 0.25) is 11.8 Å². The van der Waals surface area contributed by atoms with Gasteiger partial charge in [-0.3, -0.25) is 19.5 Å². The summed E-state index contributed by atoms with van der Waals surface area (Å²) in [6.45, 7) is 14.6. The quantitative estimate of drug-likeness (QED) is 0.271. The number of guanidine groups is 1. The fourth-order valence-corrected chi connectivity index (χ4v) is 2.80. The highest BCUT2D eigenvalue weighted by molar-refractivity contribution is 14.0. The van der Waals surface area contributed by atoms with E-state index < -0.39 is 5.41 Å². The third-order valence-electron chi connectivity index (χ3n) is 4.29. The Morgan fingerprint density at radius 1 is 1.15 bits per heavy atom. The van der Waals surface area contributed by atoms with Crippen LogP contribution in [0.3, 0.4) is 0 Å². The predicted octanol–water partition coefficient (Wildman–Crippen LogP) is 0.484. The van der Waals surface area contributed by atoms with E-state index in [-0.39, 0.29) is 41.8 Å². The van der Waals surface area contributed by atoms with Crippen molar-refractivity contribution in [3.05, 3.63) is 0 Å². The summed E-state index contributed by atoms with van der Waals surface area (Å²) in [6, 6.07) is 0.167. The maximum atomic E-state index is 11.9. The largest absolute Gasteiger partial charge is 0.359 e. The maximum absolute atomic E-state index is 11.9. The maximum Gasteiger partial charge on any atom is 0.234 e. The second-order valence-corrected chi connectivity index (χ2v) is 7.62. The standard InChI is InChI=1S/C18H36N6O2.HI/c1-7-20-17(21-13-18(4,5)16(26)19-6)24-10-8-23(9-11-24)12-15(25)22-14(2)3;/h14H,7-13H2,1-6H3,(H,19,26)(H,20,21)(H,22,25);1H. The monoisotopic (exact) mass is 496 g/mol. The highest BCUT2D eigenvalue weighted by Gasteiger charge is 2.27. The Hall–Kier alpha value is -1.10. The molecular weight excluding hydrogens is 459 g/mol. The molecule has 158 valence electrons. The fraction of sp³-hybridized carbons (Fsp3) is 0.833. The number of aliphatic imine (C=N–C) groups is 1. The van der Waals surface area contributed by atoms with Crippen LogP contribution in [0.2, 0.25) is 0 Å². The SMILES string of the molecule is CCNC(=NCC(C)(C)C(=O)NC)N1CCN(CC(=O)NC(C)C)CC1.I. The Morgan fingerprint density at radius 3 is 2.22 bits per heavy atom. The van der Waals surface area contributed by atoms with Gasteiger partial charge in [-0.05, 0) is 34.6 Å². The molecule has 1 fully saturated rings. The van der Waals surface area contributed by atoms with E-state index in [4.69, 9.17) is 0 Å². The number of hydrogen-bond acceptors (Lipinski definition) is 4. The lowest BCUT2D eigenvalue weighted by Crippen LogP contribution is -2.54. The number of carbonyl (C=O) groups is 2. The average Bonchev–Trinajstić information content (AvgIpc) is 2.57. The van der Waals surface area contributed by atoms with Crippen molar-refractivity contribution in [2.45, 2.75) is 40.7 Å². The lowest BCUT2D eigenvalue weighted by Gasteiger charge is -2.36. The molecule has 0 aromatic rings. The summed E-state index contributed by atoms with van der Waals surface area (Å²) in [5.74, 6) is 0.884. The Balaban J connectivity index is 0.00000676. The summed E-state index contributed by atoms with van der Waals surface area (Å²) in [5.41, 5.74) is -0.549. The zero-order chi connectivity index (χ0) is 19.7. The molecule has 0 aromatic carbocycles. The van der Waals surface area contributed by atoms with Crippen molar-refractivity contribution in [3.63, 3.8) is 0 Å². The van der Waals surface area contributed by atoms with Gasteiger partial charge in [-0.2, -0.15) is 0 Å². The van der Waals surface area contributed by atoms with Gasteiger partial charge in [-0.25, -0.2) is 0 Å². The van der Waals surface area contributed by atoms with E-state index in [9.17, 15) is 9.59 Å². The summed E-state index contributed by atoms with van der Waals surface area (Å²) in [6.07, 6.45) is 0. The van der Waals surface area contributed by atoms with Crippen LogP contribution in [0.25, 0.3) is 0 Å². The molecule has 0 bridgehead atoms. The van der Waals surface area contributed by atoms with E-state index in [2.05, 4.69) is 30.7 Å². The lowest BCUT2D eigenvalue weighted by molar-refractivity contribution is -0.128. The van der Waals surface area contributed by atoms with Gasteiger partial charge in [0.25, 0.3) is 0 Å². The second kappa shape index (κ2) is 12.4. The van der Waals surface area contributed by atoms with Crippen LogP contribution in [0.4, 0.5) is 0 Å². The molecule has 0 radical (unpaired) electrons. The van der Waals surface area contributed by atoms with Crippen LogP contribution in [0.5, 0.6) is 0 Å². The number of halogens is 1. The molecule has 0 unspecified atom stereocenters. The minimum Gasteiger partial charge on any atom is -0.359 e. The average molecular weight is 496 g/mol. The first-order valence-electron chi connectivity index (χ1n) is 9.46. The first-order chi connectivity index (χ1) is 12.2. The summed E-state index contributed by atoms with van der Waals surface area (Å²) < 4.78 is 0. The van der Waals surface area contributed by atoms with Crippen molar-refractivity contribution in [2.24, 2.45) is 10.4 Å². The molecule has 27 heavy (non-hydrogen) atoms. The summed E-state index contributed by atoms with van der Waals surface area (Å²) >= 11 is 0. The molecule has 2 amide bonds. The van der Waals surface area contributed by atoms with Gasteiger partial charge in [0, 0.05) is 45.8 Å². The van der Waals surface area contributed by atoms with Gasteiger partial charge in [0.15, 0.2) is 5.96 Å². The van der Waals surface area contributed by atoms with Crippen molar-refractivity contribution in [1.82, 2.24) is 25.8 Å². The van der Waals surface area contributed by atoms with Crippen LogP contribution in [-0.2, 0) is 9.59 Å². The topological polar surface area (TPSA) is 89.1 Å². The summed E-state index contributed by atoms with van der Waals surface area (Å²) in [7, 11) is 1.65. The molecule has 0 atom stereocenters. The van der Waals surface area contributed by atoms with Crippen molar-refractivity contribution < 1.29 is 9.59 Å². The molecule has 0 saturated carbocycles. The number of piperazine rings is 1. The Labute approximate surface area is 180 Å². The van der Waals surface area contributed by atoms with Crippen molar-refractivity contribution in [1.29, 1.82) is 0 Å². The van der Waals surface area contributed by atoms with Gasteiger partial charge in [0.1, 0.15) is 0 Å². The molecule has 1 rings (SSSR count). The Kier molecular flexibility index (Phi) is 11.9. The number of amides is 2. The van der Waals surface area contributed by atoms with Crippen molar-refractivity contribution in [3.8, 4) is 0 Å². The lowest BCUT2D eigenvalue weighted by atomic mass is 9.93. The van der Waals surface area contributed by atoms with Crippen molar-refractivity contribution >= 4 is 41.8 Å². The normalized spacial score (nSPS) is 16.0. The first kappa shape index (κ1) is 25.9. The third-order valence-corrected chi connectivity index (χ3v) is 4.29. The van der Waals surface area contributed by atoms with Crippen LogP contribution in [0, 0.1) is 5.41 Å².